The number of ether oxygens (including phenoxy) is 3. The Bertz CT molecular complexity index is 1430. The van der Waals surface area contributed by atoms with Crippen molar-refractivity contribution in [2.24, 2.45) is 0 Å². The van der Waals surface area contributed by atoms with Crippen molar-refractivity contribution in [1.29, 1.82) is 0 Å². The van der Waals surface area contributed by atoms with Crippen molar-refractivity contribution in [3.63, 3.8) is 0 Å². The van der Waals surface area contributed by atoms with E-state index in [-0.39, 0.29) is 37.5 Å². The predicted octanol–water partition coefficient (Wildman–Crippen LogP) is 20.5. The van der Waals surface area contributed by atoms with E-state index in [1.54, 1.807) is 0 Å². The van der Waals surface area contributed by atoms with Gasteiger partial charge in [0, 0.05) is 19.3 Å². The van der Waals surface area contributed by atoms with E-state index < -0.39 is 6.10 Å². The van der Waals surface area contributed by atoms with Crippen LogP contribution in [0.1, 0.15) is 284 Å². The fourth-order valence-corrected chi connectivity index (χ4v) is 8.27. The van der Waals surface area contributed by atoms with Gasteiger partial charge >= 0.3 is 17.9 Å². The number of carbonyl (C=O) groups excluding carboxylic acids is 3. The molecule has 0 aromatic rings. The van der Waals surface area contributed by atoms with Crippen LogP contribution in [0.25, 0.3) is 0 Å². The average Bonchev–Trinajstić information content (AvgIpc) is 3.38. The van der Waals surface area contributed by atoms with Crippen LogP contribution in [0.3, 0.4) is 0 Å². The fraction of sp³-hybridized carbons (Fsp3) is 0.712. The standard InChI is InChI=1S/C66H112O6/c1-4-7-10-13-16-19-22-25-28-31-33-36-38-41-44-47-50-53-56-59-65(68)71-62-63(61-70-64(67)58-55-52-49-46-43-40-37-34-30-27-24-21-18-15-12-9-6-3)72-66(69)60-57-54-51-48-45-42-39-35-32-29-26-23-20-17-14-11-8-5-2/h7,10,16,18-19,21,25,27-28,30,35,37,39-40,46,49,63H,4-6,8-9,11-15,17,20,22-24,26,29,31-34,36,38,41-45,47-48,50-62H2,1-3H3/b10-7-,19-16-,21-18-,28-25-,30-27-,39-35-,40-37-,49-46-. The number of rotatable bonds is 54. The quantitative estimate of drug-likeness (QED) is 0.0261. The molecule has 0 heterocycles. The third-order valence-corrected chi connectivity index (χ3v) is 12.8. The molecule has 0 aromatic heterocycles. The Hall–Kier alpha value is -3.67. The lowest BCUT2D eigenvalue weighted by molar-refractivity contribution is -0.167. The van der Waals surface area contributed by atoms with E-state index >= 15 is 0 Å². The molecule has 0 aliphatic heterocycles. The number of allylic oxidation sites excluding steroid dienone is 16. The summed E-state index contributed by atoms with van der Waals surface area (Å²) in [5.41, 5.74) is 0. The molecule has 1 atom stereocenters. The van der Waals surface area contributed by atoms with Gasteiger partial charge in [-0.25, -0.2) is 0 Å². The number of hydrogen-bond acceptors (Lipinski definition) is 6. The predicted molar refractivity (Wildman–Crippen MR) is 311 cm³/mol. The van der Waals surface area contributed by atoms with Gasteiger partial charge in [-0.15, -0.1) is 0 Å². The number of unbranched alkanes of at least 4 members (excludes halogenated alkanes) is 27. The molecule has 0 saturated heterocycles. The fourth-order valence-electron chi connectivity index (χ4n) is 8.27. The summed E-state index contributed by atoms with van der Waals surface area (Å²) in [6, 6.07) is 0. The van der Waals surface area contributed by atoms with Crippen molar-refractivity contribution in [2.75, 3.05) is 13.2 Å². The molecule has 72 heavy (non-hydrogen) atoms. The van der Waals surface area contributed by atoms with Crippen LogP contribution < -0.4 is 0 Å². The largest absolute Gasteiger partial charge is 0.462 e. The van der Waals surface area contributed by atoms with E-state index in [1.807, 2.05) is 0 Å². The lowest BCUT2D eigenvalue weighted by Crippen LogP contribution is -2.30. The molecular formula is C66H112O6. The van der Waals surface area contributed by atoms with Crippen LogP contribution >= 0.6 is 0 Å². The van der Waals surface area contributed by atoms with E-state index in [9.17, 15) is 14.4 Å². The zero-order valence-corrected chi connectivity index (χ0v) is 47.2. The van der Waals surface area contributed by atoms with Crippen molar-refractivity contribution in [3.05, 3.63) is 97.2 Å². The first kappa shape index (κ1) is 68.3. The van der Waals surface area contributed by atoms with Gasteiger partial charge in [-0.05, 0) is 116 Å². The van der Waals surface area contributed by atoms with E-state index in [4.69, 9.17) is 14.2 Å². The molecule has 0 bridgehead atoms. The zero-order chi connectivity index (χ0) is 52.2. The van der Waals surface area contributed by atoms with Gasteiger partial charge in [0.15, 0.2) is 6.10 Å². The van der Waals surface area contributed by atoms with Gasteiger partial charge in [0.2, 0.25) is 0 Å². The van der Waals surface area contributed by atoms with Crippen LogP contribution in [0, 0.1) is 0 Å². The summed E-state index contributed by atoms with van der Waals surface area (Å²) in [5.74, 6) is -0.966. The third-order valence-electron chi connectivity index (χ3n) is 12.8. The van der Waals surface area contributed by atoms with Gasteiger partial charge in [-0.1, -0.05) is 246 Å². The van der Waals surface area contributed by atoms with E-state index in [2.05, 4.69) is 118 Å². The minimum Gasteiger partial charge on any atom is -0.462 e. The molecule has 412 valence electrons. The smallest absolute Gasteiger partial charge is 0.306 e. The molecule has 0 aliphatic carbocycles. The molecule has 0 saturated carbocycles. The zero-order valence-electron chi connectivity index (χ0n) is 47.2. The first-order valence-corrected chi connectivity index (χ1v) is 30.2. The van der Waals surface area contributed by atoms with Crippen molar-refractivity contribution < 1.29 is 28.6 Å². The molecule has 6 nitrogen and oxygen atoms in total. The Morgan fingerprint density at radius 2 is 0.556 bits per heavy atom. The lowest BCUT2D eigenvalue weighted by Gasteiger charge is -2.18. The van der Waals surface area contributed by atoms with Crippen molar-refractivity contribution in [1.82, 2.24) is 0 Å². The molecule has 0 spiro atoms. The molecule has 0 aromatic carbocycles. The van der Waals surface area contributed by atoms with Crippen molar-refractivity contribution in [2.45, 2.75) is 290 Å². The Morgan fingerprint density at radius 1 is 0.292 bits per heavy atom. The van der Waals surface area contributed by atoms with Gasteiger partial charge in [-0.3, -0.25) is 14.4 Å². The van der Waals surface area contributed by atoms with Crippen LogP contribution in [0.2, 0.25) is 0 Å². The molecule has 0 aliphatic rings. The topological polar surface area (TPSA) is 78.9 Å². The van der Waals surface area contributed by atoms with Crippen LogP contribution in [-0.2, 0) is 28.6 Å². The van der Waals surface area contributed by atoms with Crippen LogP contribution in [0.15, 0.2) is 97.2 Å². The van der Waals surface area contributed by atoms with Gasteiger partial charge in [-0.2, -0.15) is 0 Å². The van der Waals surface area contributed by atoms with Gasteiger partial charge in [0.1, 0.15) is 13.2 Å². The van der Waals surface area contributed by atoms with Crippen molar-refractivity contribution in [3.8, 4) is 0 Å². The molecule has 0 amide bonds. The van der Waals surface area contributed by atoms with E-state index in [0.29, 0.717) is 19.3 Å². The summed E-state index contributed by atoms with van der Waals surface area (Å²) in [4.78, 5) is 38.2. The number of hydrogen-bond donors (Lipinski definition) is 0. The number of carbonyl (C=O) groups is 3. The molecule has 0 N–H and O–H groups in total. The van der Waals surface area contributed by atoms with Crippen molar-refractivity contribution >= 4 is 17.9 Å². The maximum absolute atomic E-state index is 12.9. The molecule has 6 heteroatoms. The minimum absolute atomic E-state index is 0.101. The normalized spacial score (nSPS) is 12.8. The SMILES string of the molecule is CC/C=C\C/C=C\C/C=C\CCCCCCCCCCCC(=O)OCC(COC(=O)CCC/C=C\C/C=C\C/C=C\C/C=C\CCCCC)OC(=O)CCCCCCC/C=C\CCCCCCCCCCC. The van der Waals surface area contributed by atoms with E-state index in [1.165, 1.54) is 141 Å². The highest BCUT2D eigenvalue weighted by atomic mass is 16.6. The Labute approximate surface area is 445 Å². The Kier molecular flexibility index (Phi) is 56.8. The van der Waals surface area contributed by atoms with Gasteiger partial charge in [0.25, 0.3) is 0 Å². The maximum atomic E-state index is 12.9. The molecule has 0 rings (SSSR count). The summed E-state index contributed by atoms with van der Waals surface area (Å²) in [6.45, 7) is 6.46. The Balaban J connectivity index is 4.47. The highest BCUT2D eigenvalue weighted by Crippen LogP contribution is 2.15. The summed E-state index contributed by atoms with van der Waals surface area (Å²) in [6.07, 6.45) is 79.8. The second-order valence-corrected chi connectivity index (χ2v) is 19.9. The van der Waals surface area contributed by atoms with Crippen LogP contribution in [0.5, 0.6) is 0 Å². The molecule has 1 unspecified atom stereocenters. The summed E-state index contributed by atoms with van der Waals surface area (Å²) in [7, 11) is 0. The van der Waals surface area contributed by atoms with Gasteiger partial charge < -0.3 is 14.2 Å². The van der Waals surface area contributed by atoms with Gasteiger partial charge in [0.05, 0.1) is 0 Å². The second-order valence-electron chi connectivity index (χ2n) is 19.9. The Morgan fingerprint density at radius 3 is 0.944 bits per heavy atom. The molecule has 0 fully saturated rings. The van der Waals surface area contributed by atoms with Crippen LogP contribution in [-0.4, -0.2) is 37.2 Å². The number of esters is 3. The minimum atomic E-state index is -0.808. The first-order chi connectivity index (χ1) is 35.5. The second kappa shape index (κ2) is 59.9. The average molecular weight is 1000 g/mol. The molecular weight excluding hydrogens is 889 g/mol. The molecule has 0 radical (unpaired) electrons. The highest BCUT2D eigenvalue weighted by molar-refractivity contribution is 5.71. The van der Waals surface area contributed by atoms with E-state index in [0.717, 1.165) is 96.3 Å². The third kappa shape index (κ3) is 57.2. The summed E-state index contributed by atoms with van der Waals surface area (Å²) in [5, 5.41) is 0. The highest BCUT2D eigenvalue weighted by Gasteiger charge is 2.19. The summed E-state index contributed by atoms with van der Waals surface area (Å²) < 4.78 is 16.8. The lowest BCUT2D eigenvalue weighted by atomic mass is 10.1. The maximum Gasteiger partial charge on any atom is 0.306 e. The monoisotopic (exact) mass is 1000 g/mol. The van der Waals surface area contributed by atoms with Crippen LogP contribution in [0.4, 0.5) is 0 Å². The summed E-state index contributed by atoms with van der Waals surface area (Å²) >= 11 is 0. The first-order valence-electron chi connectivity index (χ1n) is 30.2.